The average molecular weight is 808 g/mol. The molecule has 3 fully saturated rings. The van der Waals surface area contributed by atoms with E-state index < -0.39 is 112 Å². The average Bonchev–Trinajstić information content (AvgIpc) is 3.14. The Labute approximate surface area is 336 Å². The largest absolute Gasteiger partial charge is 0.456 e. The van der Waals surface area contributed by atoms with Crippen LogP contribution < -0.4 is 5.32 Å². The lowest BCUT2D eigenvalue weighted by atomic mass is 9.44. The number of benzene rings is 2. The minimum absolute atomic E-state index is 0.0637. The monoisotopic (exact) mass is 807 g/mol. The first-order valence-electron chi connectivity index (χ1n) is 19.3. The second kappa shape index (κ2) is 15.2. The number of fused-ring (bicyclic) bond motifs is 5. The third kappa shape index (κ3) is 7.10. The number of rotatable bonds is 8. The maximum absolute atomic E-state index is 14.9. The molecule has 2 saturated carbocycles. The van der Waals surface area contributed by atoms with E-state index in [1.807, 2.05) is 0 Å². The fraction of sp³-hybridized carbons (Fsp3) is 0.558. The van der Waals surface area contributed by atoms with Crippen molar-refractivity contribution >= 4 is 29.8 Å². The van der Waals surface area contributed by atoms with Gasteiger partial charge in [-0.2, -0.15) is 0 Å². The lowest BCUT2D eigenvalue weighted by Gasteiger charge is -2.67. The van der Waals surface area contributed by atoms with Crippen molar-refractivity contribution in [2.75, 3.05) is 6.61 Å². The van der Waals surface area contributed by atoms with Gasteiger partial charge >= 0.3 is 24.0 Å². The number of hydrogen-bond donors (Lipinski definition) is 5. The summed E-state index contributed by atoms with van der Waals surface area (Å²) in [6.45, 7) is 11.8. The van der Waals surface area contributed by atoms with Crippen LogP contribution in [0, 0.1) is 16.7 Å². The van der Waals surface area contributed by atoms with E-state index in [4.69, 9.17) is 23.7 Å². The molecular weight excluding hydrogens is 754 g/mol. The van der Waals surface area contributed by atoms with Crippen molar-refractivity contribution < 1.29 is 68.1 Å². The Balaban J connectivity index is 1.49. The number of nitrogens with one attached hydrogen (secondary N) is 1. The van der Waals surface area contributed by atoms with Gasteiger partial charge in [0, 0.05) is 25.2 Å². The standard InChI is InChI=1S/C43H53NO14/c1-22-26(55-37(51)32(48)30(24-15-11-9-12-16-24)44-38(52)58-39(3,4)5)20-43(53)35(56-36(50)25-17-13-10-14-18-25)33-41(8,34(49)31(47)29(22)40(43,6)7)27(46)19-28-42(33,21-54-28)57-23(2)45/h9-18,26-28,30-33,35,46-48,53H,19-21H2,1-8H3,(H,44,52)/t26-,27?,28?,30?,31?,32?,33?,35-,41?,42?,43?/m0/s1. The van der Waals surface area contributed by atoms with Crippen molar-refractivity contribution in [1.29, 1.82) is 0 Å². The van der Waals surface area contributed by atoms with Crippen LogP contribution in [-0.4, -0.2) is 110 Å². The summed E-state index contributed by atoms with van der Waals surface area (Å²) >= 11 is 0. The van der Waals surface area contributed by atoms with E-state index in [9.17, 15) is 44.4 Å². The van der Waals surface area contributed by atoms with Crippen LogP contribution in [0.15, 0.2) is 71.8 Å². The van der Waals surface area contributed by atoms with Crippen LogP contribution in [0.2, 0.25) is 0 Å². The topological polar surface area (TPSA) is 224 Å². The first-order valence-corrected chi connectivity index (χ1v) is 19.3. The summed E-state index contributed by atoms with van der Waals surface area (Å²) in [6, 6.07) is 14.6. The third-order valence-electron chi connectivity index (χ3n) is 12.6. The molecule has 9 unspecified atom stereocenters. The summed E-state index contributed by atoms with van der Waals surface area (Å²) in [5.41, 5.74) is -8.14. The molecule has 1 saturated heterocycles. The van der Waals surface area contributed by atoms with Crippen molar-refractivity contribution in [2.45, 2.75) is 128 Å². The molecule has 2 aromatic rings. The van der Waals surface area contributed by atoms with E-state index >= 15 is 0 Å². The third-order valence-corrected chi connectivity index (χ3v) is 12.6. The zero-order valence-corrected chi connectivity index (χ0v) is 33.9. The van der Waals surface area contributed by atoms with Gasteiger partial charge < -0.3 is 49.4 Å². The number of esters is 3. The second-order valence-corrected chi connectivity index (χ2v) is 17.6. The van der Waals surface area contributed by atoms with Gasteiger partial charge in [0.05, 0.1) is 35.6 Å². The van der Waals surface area contributed by atoms with Gasteiger partial charge in [-0.15, -0.1) is 0 Å². The fourth-order valence-electron chi connectivity index (χ4n) is 9.56. The zero-order valence-electron chi connectivity index (χ0n) is 33.9. The molecule has 6 rings (SSSR count). The van der Waals surface area contributed by atoms with Crippen molar-refractivity contribution in [2.24, 2.45) is 16.7 Å². The van der Waals surface area contributed by atoms with E-state index in [2.05, 4.69) is 5.32 Å². The number of ether oxygens (including phenoxy) is 5. The predicted molar refractivity (Wildman–Crippen MR) is 204 cm³/mol. The Bertz CT molecular complexity index is 1980. The molecule has 0 spiro atoms. The van der Waals surface area contributed by atoms with Gasteiger partial charge in [0.2, 0.25) is 0 Å². The molecule has 5 N–H and O–H groups in total. The van der Waals surface area contributed by atoms with Crippen LogP contribution in [0.1, 0.15) is 90.2 Å². The first kappa shape index (κ1) is 42.9. The molecule has 2 bridgehead atoms. The highest BCUT2D eigenvalue weighted by atomic mass is 16.6. The van der Waals surface area contributed by atoms with E-state index in [0.29, 0.717) is 5.56 Å². The number of aliphatic hydroxyl groups is 4. The maximum Gasteiger partial charge on any atom is 0.408 e. The van der Waals surface area contributed by atoms with Crippen LogP contribution in [0.4, 0.5) is 4.79 Å². The Hall–Kier alpha value is -4.67. The van der Waals surface area contributed by atoms with Crippen molar-refractivity contribution in [3.63, 3.8) is 0 Å². The van der Waals surface area contributed by atoms with Crippen molar-refractivity contribution in [1.82, 2.24) is 5.32 Å². The van der Waals surface area contributed by atoms with E-state index in [0.717, 1.165) is 6.92 Å². The molecule has 15 nitrogen and oxygen atoms in total. The highest BCUT2D eigenvalue weighted by Gasteiger charge is 2.78. The predicted octanol–water partition coefficient (Wildman–Crippen LogP) is 3.26. The molecule has 314 valence electrons. The number of aliphatic hydroxyl groups excluding tert-OH is 3. The lowest BCUT2D eigenvalue weighted by Crippen LogP contribution is -2.81. The summed E-state index contributed by atoms with van der Waals surface area (Å²) < 4.78 is 29.5. The maximum atomic E-state index is 14.9. The van der Waals surface area contributed by atoms with Crippen LogP contribution in [0.3, 0.4) is 0 Å². The van der Waals surface area contributed by atoms with Crippen LogP contribution in [0.25, 0.3) is 0 Å². The number of ketones is 1. The molecule has 15 heteroatoms. The molecule has 58 heavy (non-hydrogen) atoms. The summed E-state index contributed by atoms with van der Waals surface area (Å²) in [7, 11) is 0. The lowest BCUT2D eigenvalue weighted by molar-refractivity contribution is -0.346. The smallest absolute Gasteiger partial charge is 0.408 e. The Morgan fingerprint density at radius 1 is 0.948 bits per heavy atom. The van der Waals surface area contributed by atoms with Gasteiger partial charge in [-0.3, -0.25) is 9.59 Å². The van der Waals surface area contributed by atoms with Crippen molar-refractivity contribution in [3.8, 4) is 0 Å². The summed E-state index contributed by atoms with van der Waals surface area (Å²) in [6.07, 6.45) is -11.5. The van der Waals surface area contributed by atoms with Crippen LogP contribution in [0.5, 0.6) is 0 Å². The Morgan fingerprint density at radius 3 is 2.10 bits per heavy atom. The number of hydrogen-bond acceptors (Lipinski definition) is 14. The molecule has 0 radical (unpaired) electrons. The molecule has 0 aromatic heterocycles. The number of amides is 1. The van der Waals surface area contributed by atoms with Crippen LogP contribution >= 0.6 is 0 Å². The Morgan fingerprint density at radius 2 is 1.55 bits per heavy atom. The number of carbonyl (C=O) groups is 5. The van der Waals surface area contributed by atoms with Gasteiger partial charge in [0.25, 0.3) is 0 Å². The van der Waals surface area contributed by atoms with E-state index in [1.54, 1.807) is 83.1 Å². The van der Waals surface area contributed by atoms with Gasteiger partial charge in [0.1, 0.15) is 35.6 Å². The number of Topliss-reactive ketones (excluding diaryl/α,β-unsaturated/α-hetero) is 1. The molecule has 4 aliphatic rings. The summed E-state index contributed by atoms with van der Waals surface area (Å²) in [5, 5.41) is 51.6. The first-order chi connectivity index (χ1) is 27.0. The minimum Gasteiger partial charge on any atom is -0.456 e. The molecule has 2 aromatic carbocycles. The summed E-state index contributed by atoms with van der Waals surface area (Å²) in [4.78, 5) is 68.9. The number of alkyl carbamates (subject to hydrolysis) is 1. The zero-order chi connectivity index (χ0) is 42.7. The molecular formula is C43H53NO14. The SMILES string of the molecule is CC(=O)OC12COC1CC(O)C1(C)C(=O)C(O)C3=C(C)[C@@H](OC(=O)C(O)C(NC(=O)OC(C)(C)C)c4ccccc4)CC(O)([C@@H](OC(=O)c4ccccc4)C21)C3(C)C. The van der Waals surface area contributed by atoms with Gasteiger partial charge in [-0.1, -0.05) is 62.4 Å². The highest BCUT2D eigenvalue weighted by Crippen LogP contribution is 2.64. The molecule has 11 atom stereocenters. The van der Waals surface area contributed by atoms with Crippen LogP contribution in [-0.2, 0) is 38.1 Å². The van der Waals surface area contributed by atoms with Gasteiger partial charge in [-0.05, 0) is 63.5 Å². The quantitative estimate of drug-likeness (QED) is 0.147. The van der Waals surface area contributed by atoms with Gasteiger partial charge in [0.15, 0.2) is 17.5 Å². The molecule has 3 aliphatic carbocycles. The van der Waals surface area contributed by atoms with Gasteiger partial charge in [-0.25, -0.2) is 14.4 Å². The fourth-order valence-corrected chi connectivity index (χ4v) is 9.56. The Kier molecular flexibility index (Phi) is 11.2. The molecule has 1 aliphatic heterocycles. The van der Waals surface area contributed by atoms with E-state index in [1.165, 1.54) is 26.0 Å². The summed E-state index contributed by atoms with van der Waals surface area (Å²) in [5.74, 6) is -5.36. The minimum atomic E-state index is -2.35. The molecule has 1 heterocycles. The number of carbonyl (C=O) groups excluding carboxylic acids is 5. The van der Waals surface area contributed by atoms with Crippen molar-refractivity contribution in [3.05, 3.63) is 82.9 Å². The highest BCUT2D eigenvalue weighted by molar-refractivity contribution is 5.94. The second-order valence-electron chi connectivity index (χ2n) is 17.6. The normalized spacial score (nSPS) is 33.7. The van der Waals surface area contributed by atoms with E-state index in [-0.39, 0.29) is 29.7 Å². The molecule has 1 amide bonds.